The molecule has 0 saturated heterocycles. The summed E-state index contributed by atoms with van der Waals surface area (Å²) in [7, 11) is 1.50. The summed E-state index contributed by atoms with van der Waals surface area (Å²) in [5, 5.41) is 19.6. The van der Waals surface area contributed by atoms with Gasteiger partial charge in [0.05, 0.1) is 12.4 Å². The number of aromatic amines is 1. The molecule has 3 aromatic heterocycles. The van der Waals surface area contributed by atoms with E-state index in [1.54, 1.807) is 6.07 Å². The minimum absolute atomic E-state index is 0.102. The molecule has 10 heteroatoms. The summed E-state index contributed by atoms with van der Waals surface area (Å²) in [4.78, 5) is 11.9. The standard InChI is InChI=1S/C10H10N8O2/c1-17-10(19)18(16-15-17)8-5-13-12-4-7(8)6-20-9-2-3-11-14-9/h2-5H,6H2,1H3,(H,11,14)/i/hT. The smallest absolute Gasteiger partial charge is 0.368 e. The average molecular weight is 276 g/mol. The monoisotopic (exact) mass is 276 g/mol. The van der Waals surface area contributed by atoms with Gasteiger partial charge in [-0.25, -0.2) is 4.79 Å². The molecule has 10 nitrogen and oxygen atoms in total. The predicted octanol–water partition coefficient (Wildman–Crippen LogP) is -0.942. The van der Waals surface area contributed by atoms with Crippen molar-refractivity contribution in [2.45, 2.75) is 6.61 Å². The van der Waals surface area contributed by atoms with Crippen molar-refractivity contribution in [3.8, 4) is 11.6 Å². The highest BCUT2D eigenvalue weighted by Gasteiger charge is 2.12. The quantitative estimate of drug-likeness (QED) is 0.653. The van der Waals surface area contributed by atoms with Gasteiger partial charge in [0.2, 0.25) is 5.88 Å². The lowest BCUT2D eigenvalue weighted by molar-refractivity contribution is 0.292. The molecule has 0 atom stereocenters. The highest BCUT2D eigenvalue weighted by atomic mass is 16.5. The lowest BCUT2D eigenvalue weighted by Gasteiger charge is -2.06. The second-order valence-electron chi connectivity index (χ2n) is 3.85. The van der Waals surface area contributed by atoms with Gasteiger partial charge in [-0.05, 0) is 10.4 Å². The molecule has 0 radical (unpaired) electrons. The van der Waals surface area contributed by atoms with Crippen LogP contribution in [0.15, 0.2) is 29.5 Å². The van der Waals surface area contributed by atoms with Crippen LogP contribution in [0.3, 0.4) is 0 Å². The molecule has 0 aromatic carbocycles. The molecule has 3 aromatic rings. The fourth-order valence-corrected chi connectivity index (χ4v) is 1.56. The number of hydrogen-bond acceptors (Lipinski definition) is 7. The van der Waals surface area contributed by atoms with E-state index < -0.39 is 5.69 Å². The van der Waals surface area contributed by atoms with Gasteiger partial charge < -0.3 is 4.74 Å². The number of aromatic nitrogens is 8. The Balaban J connectivity index is 1.89. The van der Waals surface area contributed by atoms with Gasteiger partial charge >= 0.3 is 5.69 Å². The molecule has 102 valence electrons. The zero-order valence-corrected chi connectivity index (χ0v) is 10.4. The van der Waals surface area contributed by atoms with Crippen LogP contribution in [0.4, 0.5) is 0 Å². The fourth-order valence-electron chi connectivity index (χ4n) is 1.56. The van der Waals surface area contributed by atoms with E-state index in [2.05, 4.69) is 25.7 Å². The minimum atomic E-state index is -0.403. The van der Waals surface area contributed by atoms with Crippen molar-refractivity contribution in [1.82, 2.24) is 40.2 Å². The molecule has 3 rings (SSSR count). The Morgan fingerprint density at radius 3 is 2.95 bits per heavy atom. The van der Waals surface area contributed by atoms with Crippen LogP contribution in [0.1, 0.15) is 5.56 Å². The van der Waals surface area contributed by atoms with E-state index in [1.807, 2.05) is 0 Å². The molecule has 20 heavy (non-hydrogen) atoms. The van der Waals surface area contributed by atoms with E-state index in [1.165, 1.54) is 25.6 Å². The second kappa shape index (κ2) is 4.91. The van der Waals surface area contributed by atoms with Crippen LogP contribution < -0.4 is 10.4 Å². The van der Waals surface area contributed by atoms with Crippen molar-refractivity contribution < 1.29 is 6.15 Å². The Morgan fingerprint density at radius 1 is 1.40 bits per heavy atom. The van der Waals surface area contributed by atoms with Crippen LogP contribution in [-0.4, -0.2) is 40.2 Å². The lowest BCUT2D eigenvalue weighted by Crippen LogP contribution is -2.23. The van der Waals surface area contributed by atoms with Crippen molar-refractivity contribution in [1.29, 1.82) is 0 Å². The molecular formula is C10H10N8O2. The summed E-state index contributed by atoms with van der Waals surface area (Å²) in [6, 6.07) is 1.55. The van der Waals surface area contributed by atoms with Crippen molar-refractivity contribution in [3.05, 3.63) is 40.7 Å². The average Bonchev–Trinajstić information content (AvgIpc) is 3.04. The van der Waals surface area contributed by atoms with Crippen LogP contribution in [0, 0.1) is 0 Å². The third kappa shape index (κ3) is 2.13. The number of nitrogens with zero attached hydrogens (tertiary/aromatic N) is 7. The first-order chi connectivity index (χ1) is 10.1. The minimum Gasteiger partial charge on any atom is -0.472 e. The number of aryl methyl sites for hydroxylation is 1. The summed E-state index contributed by atoms with van der Waals surface area (Å²) >= 11 is 0. The normalized spacial score (nSPS) is 11.3. The maximum absolute atomic E-state index is 11.9. The Labute approximate surface area is 113 Å². The SMILES string of the molecule is [3H]n1ccc(OCc2cnncc2-n2nnn(C)c2=O)n1. The third-order valence-electron chi connectivity index (χ3n) is 2.55. The Hall–Kier alpha value is -3.04. The molecule has 0 saturated carbocycles. The molecule has 0 fully saturated rings. The van der Waals surface area contributed by atoms with Crippen molar-refractivity contribution in [2.75, 3.05) is 0 Å². The topological polar surface area (TPSA) is 116 Å². The van der Waals surface area contributed by atoms with Crippen molar-refractivity contribution in [3.63, 3.8) is 0 Å². The number of ether oxygens (including phenoxy) is 1. The van der Waals surface area contributed by atoms with E-state index in [0.717, 1.165) is 14.5 Å². The van der Waals surface area contributed by atoms with Crippen LogP contribution in [0.5, 0.6) is 5.88 Å². The highest BCUT2D eigenvalue weighted by molar-refractivity contribution is 5.34. The highest BCUT2D eigenvalue weighted by Crippen LogP contribution is 2.12. The van der Waals surface area contributed by atoms with E-state index in [9.17, 15) is 4.79 Å². The van der Waals surface area contributed by atoms with Gasteiger partial charge in [-0.1, -0.05) is 0 Å². The molecule has 0 aliphatic carbocycles. The van der Waals surface area contributed by atoms with Crippen LogP contribution in [0.25, 0.3) is 5.69 Å². The number of H-pyrrole nitrogens is 1. The molecular weight excluding hydrogens is 264 g/mol. The van der Waals surface area contributed by atoms with Crippen LogP contribution in [0.2, 0.25) is 1.41 Å². The van der Waals surface area contributed by atoms with Gasteiger partial charge in [-0.2, -0.15) is 19.6 Å². The maximum Gasteiger partial charge on any atom is 0.368 e. The lowest BCUT2D eigenvalue weighted by atomic mass is 10.3. The molecule has 3 heterocycles. The number of rotatable bonds is 4. The molecule has 0 aliphatic rings. The van der Waals surface area contributed by atoms with Gasteiger partial charge in [0, 0.05) is 24.9 Å². The third-order valence-corrected chi connectivity index (χ3v) is 2.55. The van der Waals surface area contributed by atoms with Crippen molar-refractivity contribution >= 4 is 0 Å². The summed E-state index contributed by atoms with van der Waals surface area (Å²) in [5.74, 6) is 0.291. The Morgan fingerprint density at radius 2 is 2.25 bits per heavy atom. The van der Waals surface area contributed by atoms with E-state index in [0.29, 0.717) is 17.1 Å². The van der Waals surface area contributed by atoms with Gasteiger partial charge in [0.1, 0.15) is 12.3 Å². The van der Waals surface area contributed by atoms with E-state index >= 15 is 0 Å². The zero-order valence-electron chi connectivity index (χ0n) is 11.4. The molecule has 1 N–H and O–H groups in total. The first-order valence-corrected chi connectivity index (χ1v) is 5.62. The fraction of sp³-hybridized carbons (Fsp3) is 0.200. The Kier molecular flexibility index (Phi) is 2.66. The number of tetrazole rings is 1. The Bertz CT molecular complexity index is 822. The van der Waals surface area contributed by atoms with Crippen molar-refractivity contribution in [2.24, 2.45) is 7.05 Å². The summed E-state index contributed by atoms with van der Waals surface area (Å²) < 4.78 is 14.9. The summed E-state index contributed by atoms with van der Waals surface area (Å²) in [6.07, 6.45) is 4.31. The summed E-state index contributed by atoms with van der Waals surface area (Å²) in [6.45, 7) is 0.102. The van der Waals surface area contributed by atoms with Gasteiger partial charge in [0.25, 0.3) is 0 Å². The first-order valence-electron chi connectivity index (χ1n) is 6.06. The number of hydrogen-bond donors (Lipinski definition) is 1. The molecule has 0 unspecified atom stereocenters. The second-order valence-corrected chi connectivity index (χ2v) is 3.85. The molecule has 0 aliphatic heterocycles. The van der Waals surface area contributed by atoms with Crippen LogP contribution >= 0.6 is 0 Å². The predicted molar refractivity (Wildman–Crippen MR) is 65.1 cm³/mol. The zero-order chi connectivity index (χ0) is 14.8. The first kappa shape index (κ1) is 10.8. The van der Waals surface area contributed by atoms with Gasteiger partial charge in [-0.15, -0.1) is 5.10 Å². The summed E-state index contributed by atoms with van der Waals surface area (Å²) in [5.41, 5.74) is 0.611. The molecule has 0 bridgehead atoms. The number of nitrogens with one attached hydrogen (secondary N) is 1. The van der Waals surface area contributed by atoms with Gasteiger partial charge in [-0.3, -0.25) is 5.09 Å². The van der Waals surface area contributed by atoms with E-state index in [-0.39, 0.29) is 6.61 Å². The van der Waals surface area contributed by atoms with E-state index in [4.69, 9.17) is 6.15 Å². The largest absolute Gasteiger partial charge is 0.472 e. The molecule has 0 amide bonds. The molecule has 0 spiro atoms. The van der Waals surface area contributed by atoms with Crippen LogP contribution in [-0.2, 0) is 13.7 Å². The van der Waals surface area contributed by atoms with Gasteiger partial charge in [0.15, 0.2) is 1.41 Å². The maximum atomic E-state index is 11.9.